The zero-order chi connectivity index (χ0) is 15.9. The molecule has 6 heteroatoms. The summed E-state index contributed by atoms with van der Waals surface area (Å²) in [6, 6.07) is 0. The van der Waals surface area contributed by atoms with Crippen molar-refractivity contribution in [2.75, 3.05) is 0 Å². The van der Waals surface area contributed by atoms with Crippen LogP contribution in [0.1, 0.15) is 33.6 Å². The van der Waals surface area contributed by atoms with Gasteiger partial charge in [0.25, 0.3) is 0 Å². The van der Waals surface area contributed by atoms with Crippen molar-refractivity contribution in [3.05, 3.63) is 11.1 Å². The predicted molar refractivity (Wildman–Crippen MR) is 75.8 cm³/mol. The van der Waals surface area contributed by atoms with Crippen LogP contribution in [0.3, 0.4) is 0 Å². The van der Waals surface area contributed by atoms with Gasteiger partial charge in [-0.3, -0.25) is 9.59 Å². The third kappa shape index (κ3) is 2.77. The molecule has 1 fully saturated rings. The first-order valence-electron chi connectivity index (χ1n) is 7.02. The zero-order valence-corrected chi connectivity index (χ0v) is 13.0. The Labute approximate surface area is 128 Å². The normalized spacial score (nSPS) is 36.3. The number of cyclic esters (lactones) is 1. The number of aliphatic hydroxyl groups excluding tert-OH is 1. The molecule has 5 unspecified atom stereocenters. The number of hydrogen-bond acceptors (Lipinski definition) is 5. The second-order valence-electron chi connectivity index (χ2n) is 5.86. The summed E-state index contributed by atoms with van der Waals surface area (Å²) in [5.74, 6) is -1.37. The SMILES string of the molecule is CC(=O)CCC1C(C)C(=O)OC1C1=C(C)C(O)C(Cl)C1=O. The van der Waals surface area contributed by atoms with Crippen LogP contribution in [0, 0.1) is 11.8 Å². The number of ketones is 2. The number of carbonyl (C=O) groups is 3. The number of Topliss-reactive ketones (excluding diaryl/α,β-unsaturated/α-hetero) is 2. The van der Waals surface area contributed by atoms with Crippen LogP contribution < -0.4 is 0 Å². The summed E-state index contributed by atoms with van der Waals surface area (Å²) >= 11 is 5.89. The van der Waals surface area contributed by atoms with Crippen LogP contribution in [0.2, 0.25) is 0 Å². The van der Waals surface area contributed by atoms with E-state index in [2.05, 4.69) is 0 Å². The van der Waals surface area contributed by atoms with Gasteiger partial charge >= 0.3 is 5.97 Å². The van der Waals surface area contributed by atoms with Gasteiger partial charge < -0.3 is 14.6 Å². The Morgan fingerprint density at radius 2 is 2.00 bits per heavy atom. The van der Waals surface area contributed by atoms with Crippen molar-refractivity contribution in [1.29, 1.82) is 0 Å². The van der Waals surface area contributed by atoms with E-state index in [1.54, 1.807) is 13.8 Å². The number of hydrogen-bond donors (Lipinski definition) is 1. The van der Waals surface area contributed by atoms with Crippen molar-refractivity contribution in [1.82, 2.24) is 0 Å². The Morgan fingerprint density at radius 3 is 2.48 bits per heavy atom. The minimum atomic E-state index is -1.04. The van der Waals surface area contributed by atoms with Crippen LogP contribution in [-0.2, 0) is 19.1 Å². The first-order valence-corrected chi connectivity index (χ1v) is 7.46. The smallest absolute Gasteiger partial charge is 0.309 e. The highest BCUT2D eigenvalue weighted by atomic mass is 35.5. The maximum absolute atomic E-state index is 12.2. The van der Waals surface area contributed by atoms with Gasteiger partial charge in [-0.2, -0.15) is 0 Å². The van der Waals surface area contributed by atoms with Crippen molar-refractivity contribution in [2.45, 2.75) is 51.2 Å². The molecule has 5 atom stereocenters. The molecule has 0 aromatic heterocycles. The average molecular weight is 315 g/mol. The summed E-state index contributed by atoms with van der Waals surface area (Å²) in [6.45, 7) is 4.84. The average Bonchev–Trinajstić information content (AvgIpc) is 2.79. The summed E-state index contributed by atoms with van der Waals surface area (Å²) in [6.07, 6.45) is -0.954. The van der Waals surface area contributed by atoms with Crippen LogP contribution >= 0.6 is 11.6 Å². The molecule has 0 radical (unpaired) electrons. The van der Waals surface area contributed by atoms with Gasteiger partial charge in [0, 0.05) is 17.9 Å². The highest BCUT2D eigenvalue weighted by molar-refractivity contribution is 6.36. The monoisotopic (exact) mass is 314 g/mol. The van der Waals surface area contributed by atoms with Gasteiger partial charge in [-0.25, -0.2) is 0 Å². The summed E-state index contributed by atoms with van der Waals surface area (Å²) in [7, 11) is 0. The van der Waals surface area contributed by atoms with E-state index < -0.39 is 17.6 Å². The molecule has 0 aromatic carbocycles. The Hall–Kier alpha value is -1.20. The van der Waals surface area contributed by atoms with Gasteiger partial charge in [0.2, 0.25) is 0 Å². The highest BCUT2D eigenvalue weighted by Crippen LogP contribution is 2.41. The number of aliphatic hydroxyl groups is 1. The van der Waals surface area contributed by atoms with Gasteiger partial charge in [0.05, 0.1) is 12.0 Å². The third-order valence-electron chi connectivity index (χ3n) is 4.42. The first-order chi connectivity index (χ1) is 9.75. The molecule has 5 nitrogen and oxygen atoms in total. The molecule has 0 bridgehead atoms. The van der Waals surface area contributed by atoms with Gasteiger partial charge in [0.15, 0.2) is 5.78 Å². The molecular weight excluding hydrogens is 296 g/mol. The summed E-state index contributed by atoms with van der Waals surface area (Å²) in [4.78, 5) is 35.2. The maximum Gasteiger partial charge on any atom is 0.309 e. The lowest BCUT2D eigenvalue weighted by Gasteiger charge is -2.20. The molecule has 0 amide bonds. The minimum Gasteiger partial charge on any atom is -0.457 e. The summed E-state index contributed by atoms with van der Waals surface area (Å²) < 4.78 is 5.34. The van der Waals surface area contributed by atoms with E-state index in [-0.39, 0.29) is 29.4 Å². The summed E-state index contributed by atoms with van der Waals surface area (Å²) in [5, 5.41) is 8.87. The van der Waals surface area contributed by atoms with E-state index in [0.29, 0.717) is 24.0 Å². The largest absolute Gasteiger partial charge is 0.457 e. The lowest BCUT2D eigenvalue weighted by molar-refractivity contribution is -0.143. The Kier molecular flexibility index (Phi) is 4.54. The standard InChI is InChI=1S/C15H19ClO5/c1-6(17)4-5-9-7(2)15(20)21-14(9)10-8(3)12(18)11(16)13(10)19/h7,9,11-12,14,18H,4-5H2,1-3H3. The molecule has 2 rings (SSSR count). The molecule has 21 heavy (non-hydrogen) atoms. The predicted octanol–water partition coefficient (Wildman–Crippen LogP) is 1.40. The molecule has 116 valence electrons. The number of carbonyl (C=O) groups excluding carboxylic acids is 3. The fourth-order valence-electron chi connectivity index (χ4n) is 3.03. The fourth-order valence-corrected chi connectivity index (χ4v) is 3.34. The molecular formula is C15H19ClO5. The molecule has 0 spiro atoms. The number of alkyl halides is 1. The molecule has 1 aliphatic heterocycles. The molecule has 0 aromatic rings. The Bertz CT molecular complexity index is 524. The van der Waals surface area contributed by atoms with E-state index in [1.807, 2.05) is 0 Å². The second-order valence-corrected chi connectivity index (χ2v) is 6.33. The van der Waals surface area contributed by atoms with Crippen molar-refractivity contribution in [3.63, 3.8) is 0 Å². The molecule has 1 saturated heterocycles. The van der Waals surface area contributed by atoms with Crippen molar-refractivity contribution >= 4 is 29.1 Å². The van der Waals surface area contributed by atoms with Crippen LogP contribution in [0.15, 0.2) is 11.1 Å². The molecule has 1 N–H and O–H groups in total. The van der Waals surface area contributed by atoms with E-state index in [0.717, 1.165) is 0 Å². The van der Waals surface area contributed by atoms with Crippen LogP contribution in [-0.4, -0.2) is 40.2 Å². The highest BCUT2D eigenvalue weighted by Gasteiger charge is 2.50. The lowest BCUT2D eigenvalue weighted by atomic mass is 9.83. The molecule has 0 saturated carbocycles. The number of halogens is 1. The quantitative estimate of drug-likeness (QED) is 0.626. The summed E-state index contributed by atoms with van der Waals surface area (Å²) in [5.41, 5.74) is 0.758. The fraction of sp³-hybridized carbons (Fsp3) is 0.667. The van der Waals surface area contributed by atoms with Crippen molar-refractivity contribution in [2.24, 2.45) is 11.8 Å². The van der Waals surface area contributed by atoms with Gasteiger partial charge in [-0.15, -0.1) is 11.6 Å². The van der Waals surface area contributed by atoms with Crippen LogP contribution in [0.25, 0.3) is 0 Å². The molecule has 1 heterocycles. The topological polar surface area (TPSA) is 80.7 Å². The number of ether oxygens (including phenoxy) is 1. The van der Waals surface area contributed by atoms with Crippen LogP contribution in [0.4, 0.5) is 0 Å². The van der Waals surface area contributed by atoms with Crippen molar-refractivity contribution < 1.29 is 24.2 Å². The number of rotatable bonds is 4. The van der Waals surface area contributed by atoms with Gasteiger partial charge in [-0.05, 0) is 25.8 Å². The molecule has 1 aliphatic carbocycles. The second kappa shape index (κ2) is 5.89. The maximum atomic E-state index is 12.2. The van der Waals surface area contributed by atoms with E-state index in [9.17, 15) is 19.5 Å². The zero-order valence-electron chi connectivity index (χ0n) is 12.3. The Morgan fingerprint density at radius 1 is 1.38 bits per heavy atom. The van der Waals surface area contributed by atoms with Gasteiger partial charge in [-0.1, -0.05) is 6.92 Å². The van der Waals surface area contributed by atoms with E-state index in [4.69, 9.17) is 16.3 Å². The Balaban J connectivity index is 2.30. The minimum absolute atomic E-state index is 0.0269. The third-order valence-corrected chi connectivity index (χ3v) is 4.86. The van der Waals surface area contributed by atoms with E-state index >= 15 is 0 Å². The van der Waals surface area contributed by atoms with Crippen molar-refractivity contribution in [3.8, 4) is 0 Å². The van der Waals surface area contributed by atoms with Crippen LogP contribution in [0.5, 0.6) is 0 Å². The lowest BCUT2D eigenvalue weighted by Crippen LogP contribution is -2.28. The first kappa shape index (κ1) is 16.2. The molecule has 2 aliphatic rings. The van der Waals surface area contributed by atoms with E-state index in [1.165, 1.54) is 6.92 Å². The number of esters is 1. The van der Waals surface area contributed by atoms with Gasteiger partial charge in [0.1, 0.15) is 17.3 Å².